The number of nitro groups is 1. The zero-order valence-corrected chi connectivity index (χ0v) is 12.2. The van der Waals surface area contributed by atoms with E-state index in [0.717, 1.165) is 19.4 Å². The molecule has 7 nitrogen and oxygen atoms in total. The van der Waals surface area contributed by atoms with Gasteiger partial charge in [0.25, 0.3) is 5.69 Å². The zero-order chi connectivity index (χ0) is 15.4. The minimum Gasteiger partial charge on any atom is -0.493 e. The predicted molar refractivity (Wildman–Crippen MR) is 76.7 cm³/mol. The summed E-state index contributed by atoms with van der Waals surface area (Å²) < 4.78 is 10.3. The molecule has 1 aliphatic heterocycles. The highest BCUT2D eigenvalue weighted by atomic mass is 16.6. The quantitative estimate of drug-likeness (QED) is 0.655. The molecule has 21 heavy (non-hydrogen) atoms. The van der Waals surface area contributed by atoms with E-state index < -0.39 is 4.92 Å². The Morgan fingerprint density at radius 2 is 2.05 bits per heavy atom. The number of methoxy groups -OCH3 is 2. The maximum atomic E-state index is 11.2. The van der Waals surface area contributed by atoms with E-state index in [2.05, 4.69) is 0 Å². The summed E-state index contributed by atoms with van der Waals surface area (Å²) in [7, 11) is 2.94. The third kappa shape index (κ3) is 3.62. The van der Waals surface area contributed by atoms with E-state index in [1.807, 2.05) is 4.90 Å². The van der Waals surface area contributed by atoms with Crippen LogP contribution in [0, 0.1) is 10.1 Å². The molecule has 1 atom stereocenters. The number of piperidine rings is 1. The van der Waals surface area contributed by atoms with Gasteiger partial charge in [0.2, 0.25) is 0 Å². The van der Waals surface area contributed by atoms with Crippen LogP contribution in [0.2, 0.25) is 0 Å². The van der Waals surface area contributed by atoms with Gasteiger partial charge in [-0.05, 0) is 25.5 Å². The molecule has 116 valence electrons. The number of ether oxygens (including phenoxy) is 2. The van der Waals surface area contributed by atoms with Crippen molar-refractivity contribution in [3.8, 4) is 11.5 Å². The average Bonchev–Trinajstić information content (AvgIpc) is 2.46. The van der Waals surface area contributed by atoms with Crippen LogP contribution < -0.4 is 9.47 Å². The number of likely N-dealkylation sites (tertiary alicyclic amines) is 1. The van der Waals surface area contributed by atoms with E-state index in [1.165, 1.54) is 20.3 Å². The lowest BCUT2D eigenvalue weighted by Gasteiger charge is -2.29. The molecule has 1 aliphatic rings. The van der Waals surface area contributed by atoms with Crippen LogP contribution in [0.4, 0.5) is 5.69 Å². The smallest absolute Gasteiger partial charge is 0.277 e. The molecule has 0 unspecified atom stereocenters. The Balaban J connectivity index is 2.29. The number of aliphatic hydroxyl groups excluding tert-OH is 1. The van der Waals surface area contributed by atoms with Crippen molar-refractivity contribution in [2.75, 3.05) is 27.3 Å². The summed E-state index contributed by atoms with van der Waals surface area (Å²) in [5.41, 5.74) is 0.569. The number of hydrogen-bond donors (Lipinski definition) is 1. The molecule has 0 aromatic heterocycles. The lowest BCUT2D eigenvalue weighted by atomic mass is 10.1. The number of β-amino-alcohol motifs (C(OH)–C–C–N with tert-alkyl or cyclic N) is 1. The van der Waals surface area contributed by atoms with Gasteiger partial charge in [0, 0.05) is 18.7 Å². The fourth-order valence-electron chi connectivity index (χ4n) is 2.62. The molecular formula is C14H20N2O5. The van der Waals surface area contributed by atoms with E-state index in [9.17, 15) is 15.2 Å². The van der Waals surface area contributed by atoms with Crippen molar-refractivity contribution in [2.24, 2.45) is 0 Å². The van der Waals surface area contributed by atoms with Crippen LogP contribution in [0.25, 0.3) is 0 Å². The monoisotopic (exact) mass is 296 g/mol. The highest BCUT2D eigenvalue weighted by Gasteiger charge is 2.24. The van der Waals surface area contributed by atoms with Crippen molar-refractivity contribution in [2.45, 2.75) is 25.5 Å². The first kappa shape index (κ1) is 15.5. The summed E-state index contributed by atoms with van der Waals surface area (Å²) in [6.45, 7) is 1.77. The molecular weight excluding hydrogens is 276 g/mol. The SMILES string of the molecule is COc1cc(CN2CCC[C@H](O)C2)c([N+](=O)[O-])cc1OC. The molecule has 1 aromatic carbocycles. The molecule has 1 N–H and O–H groups in total. The molecule has 2 rings (SSSR count). The Bertz CT molecular complexity index is 520. The first-order chi connectivity index (χ1) is 10.0. The number of rotatable bonds is 5. The predicted octanol–water partition coefficient (Wildman–Crippen LogP) is 1.57. The highest BCUT2D eigenvalue weighted by Crippen LogP contribution is 2.35. The average molecular weight is 296 g/mol. The summed E-state index contributed by atoms with van der Waals surface area (Å²) in [4.78, 5) is 12.8. The Morgan fingerprint density at radius 1 is 1.38 bits per heavy atom. The molecule has 0 bridgehead atoms. The van der Waals surface area contributed by atoms with Gasteiger partial charge in [-0.15, -0.1) is 0 Å². The maximum Gasteiger partial charge on any atom is 0.277 e. The molecule has 0 radical (unpaired) electrons. The van der Waals surface area contributed by atoms with Gasteiger partial charge < -0.3 is 14.6 Å². The van der Waals surface area contributed by atoms with Crippen molar-refractivity contribution < 1.29 is 19.5 Å². The molecule has 0 amide bonds. The van der Waals surface area contributed by atoms with E-state index in [0.29, 0.717) is 30.2 Å². The van der Waals surface area contributed by atoms with Gasteiger partial charge in [-0.2, -0.15) is 0 Å². The lowest BCUT2D eigenvalue weighted by molar-refractivity contribution is -0.385. The van der Waals surface area contributed by atoms with Crippen LogP contribution in [0.3, 0.4) is 0 Å². The van der Waals surface area contributed by atoms with Gasteiger partial charge in [0.05, 0.1) is 31.3 Å². The second kappa shape index (κ2) is 6.73. The molecule has 1 heterocycles. The van der Waals surface area contributed by atoms with E-state index in [1.54, 1.807) is 6.07 Å². The first-order valence-corrected chi connectivity index (χ1v) is 6.85. The standard InChI is InChI=1S/C14H20N2O5/c1-20-13-6-10(8-15-5-3-4-11(17)9-15)12(16(18)19)7-14(13)21-2/h6-7,11,17H,3-5,8-9H2,1-2H3/t11-/m0/s1. The second-order valence-corrected chi connectivity index (χ2v) is 5.12. The Kier molecular flexibility index (Phi) is 4.98. The summed E-state index contributed by atoms with van der Waals surface area (Å²) in [6, 6.07) is 3.02. The van der Waals surface area contributed by atoms with Crippen molar-refractivity contribution in [1.29, 1.82) is 0 Å². The van der Waals surface area contributed by atoms with E-state index in [4.69, 9.17) is 9.47 Å². The number of hydrogen-bond acceptors (Lipinski definition) is 6. The summed E-state index contributed by atoms with van der Waals surface area (Å²) >= 11 is 0. The van der Waals surface area contributed by atoms with Crippen LogP contribution in [-0.4, -0.2) is 48.3 Å². The highest BCUT2D eigenvalue weighted by molar-refractivity contribution is 5.54. The fraction of sp³-hybridized carbons (Fsp3) is 0.571. The van der Waals surface area contributed by atoms with E-state index >= 15 is 0 Å². The topological polar surface area (TPSA) is 85.1 Å². The summed E-state index contributed by atoms with van der Waals surface area (Å²) in [5.74, 6) is 0.808. The number of benzene rings is 1. The van der Waals surface area contributed by atoms with Crippen LogP contribution in [0.15, 0.2) is 12.1 Å². The van der Waals surface area contributed by atoms with Crippen molar-refractivity contribution in [1.82, 2.24) is 4.90 Å². The van der Waals surface area contributed by atoms with Gasteiger partial charge in [-0.25, -0.2) is 0 Å². The van der Waals surface area contributed by atoms with E-state index in [-0.39, 0.29) is 11.8 Å². The summed E-state index contributed by atoms with van der Waals surface area (Å²) in [5, 5.41) is 20.9. The van der Waals surface area contributed by atoms with Gasteiger partial charge in [-0.3, -0.25) is 15.0 Å². The Morgan fingerprint density at radius 3 is 2.62 bits per heavy atom. The molecule has 1 aromatic rings. The Labute approximate surface area is 123 Å². The molecule has 1 fully saturated rings. The van der Waals surface area contributed by atoms with Crippen LogP contribution >= 0.6 is 0 Å². The largest absolute Gasteiger partial charge is 0.493 e. The second-order valence-electron chi connectivity index (χ2n) is 5.12. The molecule has 7 heteroatoms. The molecule has 0 saturated carbocycles. The van der Waals surface area contributed by atoms with Gasteiger partial charge in [0.15, 0.2) is 11.5 Å². The van der Waals surface area contributed by atoms with Crippen molar-refractivity contribution in [3.05, 3.63) is 27.8 Å². The normalized spacial score (nSPS) is 19.3. The summed E-state index contributed by atoms with van der Waals surface area (Å²) in [6.07, 6.45) is 1.31. The first-order valence-electron chi connectivity index (χ1n) is 6.85. The molecule has 1 saturated heterocycles. The van der Waals surface area contributed by atoms with Crippen LogP contribution in [-0.2, 0) is 6.54 Å². The minimum absolute atomic E-state index is 0.00714. The number of nitrogens with zero attached hydrogens (tertiary/aromatic N) is 2. The van der Waals surface area contributed by atoms with Gasteiger partial charge >= 0.3 is 0 Å². The fourth-order valence-corrected chi connectivity index (χ4v) is 2.62. The Hall–Kier alpha value is -1.86. The minimum atomic E-state index is -0.419. The molecule has 0 aliphatic carbocycles. The zero-order valence-electron chi connectivity index (χ0n) is 12.2. The molecule has 0 spiro atoms. The number of nitro benzene ring substituents is 1. The van der Waals surface area contributed by atoms with Crippen LogP contribution in [0.1, 0.15) is 18.4 Å². The van der Waals surface area contributed by atoms with Crippen LogP contribution in [0.5, 0.6) is 11.5 Å². The van der Waals surface area contributed by atoms with Crippen molar-refractivity contribution in [3.63, 3.8) is 0 Å². The maximum absolute atomic E-state index is 11.2. The third-order valence-electron chi connectivity index (χ3n) is 3.66. The van der Waals surface area contributed by atoms with Crippen molar-refractivity contribution >= 4 is 5.69 Å². The van der Waals surface area contributed by atoms with Gasteiger partial charge in [-0.1, -0.05) is 0 Å². The van der Waals surface area contributed by atoms with Gasteiger partial charge in [0.1, 0.15) is 0 Å². The number of aliphatic hydroxyl groups is 1. The third-order valence-corrected chi connectivity index (χ3v) is 3.66. The lowest BCUT2D eigenvalue weighted by Crippen LogP contribution is -2.37.